The SMILES string of the molecule is CCCCN(C)[Si](C)(NC)NC. The Labute approximate surface area is 77.8 Å². The van der Waals surface area contributed by atoms with Gasteiger partial charge in [0.2, 0.25) is 0 Å². The van der Waals surface area contributed by atoms with Crippen molar-refractivity contribution in [2.24, 2.45) is 0 Å². The number of nitrogens with zero attached hydrogens (tertiary/aromatic N) is 1. The molecular formula is C8H23N3Si. The van der Waals surface area contributed by atoms with Crippen molar-refractivity contribution in [2.45, 2.75) is 26.3 Å². The van der Waals surface area contributed by atoms with E-state index < -0.39 is 8.56 Å². The molecule has 0 spiro atoms. The minimum Gasteiger partial charge on any atom is -0.316 e. The molecule has 0 aromatic heterocycles. The number of rotatable bonds is 6. The first kappa shape index (κ1) is 12.1. The van der Waals surface area contributed by atoms with Gasteiger partial charge in [0.05, 0.1) is 0 Å². The highest BCUT2D eigenvalue weighted by Gasteiger charge is 2.28. The van der Waals surface area contributed by atoms with E-state index in [2.05, 4.69) is 35.0 Å². The smallest absolute Gasteiger partial charge is 0.280 e. The van der Waals surface area contributed by atoms with Crippen LogP contribution in [0.1, 0.15) is 19.8 Å². The second-order valence-corrected chi connectivity index (χ2v) is 7.26. The summed E-state index contributed by atoms with van der Waals surface area (Å²) in [7, 11) is 4.75. The van der Waals surface area contributed by atoms with Crippen molar-refractivity contribution in [1.82, 2.24) is 14.5 Å². The molecule has 0 aliphatic carbocycles. The number of unbranched alkanes of at least 4 members (excludes halogenated alkanes) is 1. The predicted octanol–water partition coefficient (Wildman–Crippen LogP) is 0.726. The van der Waals surface area contributed by atoms with E-state index >= 15 is 0 Å². The van der Waals surface area contributed by atoms with Crippen molar-refractivity contribution in [3.05, 3.63) is 0 Å². The fourth-order valence-electron chi connectivity index (χ4n) is 1.13. The molecule has 0 aromatic carbocycles. The van der Waals surface area contributed by atoms with Gasteiger partial charge in [-0.2, -0.15) is 0 Å². The summed E-state index contributed by atoms with van der Waals surface area (Å²) in [4.78, 5) is 6.78. The summed E-state index contributed by atoms with van der Waals surface area (Å²) < 4.78 is 2.43. The first-order valence-electron chi connectivity index (χ1n) is 4.69. The fraction of sp³-hybridized carbons (Fsp3) is 1.00. The van der Waals surface area contributed by atoms with Crippen LogP contribution in [0.15, 0.2) is 0 Å². The molecule has 0 amide bonds. The van der Waals surface area contributed by atoms with Crippen LogP contribution in [0.25, 0.3) is 0 Å². The van der Waals surface area contributed by atoms with Crippen molar-refractivity contribution >= 4 is 8.56 Å². The summed E-state index contributed by atoms with van der Waals surface area (Å²) in [6.07, 6.45) is 2.55. The van der Waals surface area contributed by atoms with Gasteiger partial charge < -0.3 is 14.5 Å². The van der Waals surface area contributed by atoms with Crippen LogP contribution in [0.2, 0.25) is 6.55 Å². The van der Waals surface area contributed by atoms with Crippen molar-refractivity contribution in [3.8, 4) is 0 Å². The maximum absolute atomic E-state index is 3.39. The molecule has 0 fully saturated rings. The lowest BCUT2D eigenvalue weighted by molar-refractivity contribution is 0.463. The van der Waals surface area contributed by atoms with Gasteiger partial charge in [-0.15, -0.1) is 0 Å². The van der Waals surface area contributed by atoms with Crippen LogP contribution >= 0.6 is 0 Å². The lowest BCUT2D eigenvalue weighted by Crippen LogP contribution is -2.68. The fourth-order valence-corrected chi connectivity index (χ4v) is 2.74. The van der Waals surface area contributed by atoms with E-state index in [0.717, 1.165) is 0 Å². The Morgan fingerprint density at radius 3 is 2.08 bits per heavy atom. The minimum absolute atomic E-state index is 1.18. The highest BCUT2D eigenvalue weighted by molar-refractivity contribution is 6.70. The Balaban J connectivity index is 3.93. The first-order valence-corrected chi connectivity index (χ1v) is 7.14. The minimum atomic E-state index is -1.50. The van der Waals surface area contributed by atoms with E-state index in [0.29, 0.717) is 0 Å². The van der Waals surface area contributed by atoms with Gasteiger partial charge in [-0.1, -0.05) is 13.3 Å². The van der Waals surface area contributed by atoms with Gasteiger partial charge in [0.15, 0.2) is 0 Å². The molecule has 0 aliphatic heterocycles. The van der Waals surface area contributed by atoms with Crippen LogP contribution < -0.4 is 9.96 Å². The largest absolute Gasteiger partial charge is 0.316 e. The molecule has 0 aliphatic rings. The summed E-state index contributed by atoms with van der Waals surface area (Å²) in [5.41, 5.74) is 0. The molecule has 0 saturated carbocycles. The zero-order valence-electron chi connectivity index (χ0n) is 9.07. The Bertz CT molecular complexity index is 115. The van der Waals surface area contributed by atoms with E-state index in [-0.39, 0.29) is 0 Å². The molecule has 4 heteroatoms. The Hall–Kier alpha value is 0.0969. The van der Waals surface area contributed by atoms with Crippen LogP contribution in [0.3, 0.4) is 0 Å². The second-order valence-electron chi connectivity index (χ2n) is 3.35. The van der Waals surface area contributed by atoms with E-state index in [9.17, 15) is 0 Å². The highest BCUT2D eigenvalue weighted by atomic mass is 28.4. The van der Waals surface area contributed by atoms with Crippen LogP contribution in [0.5, 0.6) is 0 Å². The van der Waals surface area contributed by atoms with E-state index in [1.54, 1.807) is 0 Å². The molecule has 12 heavy (non-hydrogen) atoms. The topological polar surface area (TPSA) is 27.3 Å². The molecule has 0 rings (SSSR count). The van der Waals surface area contributed by atoms with Crippen LogP contribution in [0, 0.1) is 0 Å². The van der Waals surface area contributed by atoms with Gasteiger partial charge in [0, 0.05) is 0 Å². The normalized spacial score (nSPS) is 12.5. The van der Waals surface area contributed by atoms with Crippen LogP contribution in [0.4, 0.5) is 0 Å². The molecule has 0 aromatic rings. The van der Waals surface area contributed by atoms with Gasteiger partial charge in [-0.3, -0.25) is 0 Å². The van der Waals surface area contributed by atoms with Gasteiger partial charge >= 0.3 is 0 Å². The molecule has 0 radical (unpaired) electrons. The Morgan fingerprint density at radius 2 is 1.75 bits per heavy atom. The first-order chi connectivity index (χ1) is 5.60. The van der Waals surface area contributed by atoms with Gasteiger partial charge in [0.25, 0.3) is 8.56 Å². The lowest BCUT2D eigenvalue weighted by Gasteiger charge is -2.35. The molecule has 0 heterocycles. The third kappa shape index (κ3) is 3.22. The summed E-state index contributed by atoms with van der Waals surface area (Å²) >= 11 is 0. The molecular weight excluding hydrogens is 166 g/mol. The molecule has 0 saturated heterocycles. The summed E-state index contributed by atoms with van der Waals surface area (Å²) in [6.45, 7) is 5.69. The predicted molar refractivity (Wildman–Crippen MR) is 57.3 cm³/mol. The summed E-state index contributed by atoms with van der Waals surface area (Å²) in [6, 6.07) is 0. The van der Waals surface area contributed by atoms with Crippen molar-refractivity contribution in [3.63, 3.8) is 0 Å². The average molecular weight is 189 g/mol. The van der Waals surface area contributed by atoms with Gasteiger partial charge in [0.1, 0.15) is 0 Å². The maximum atomic E-state index is 3.39. The van der Waals surface area contributed by atoms with Crippen LogP contribution in [-0.2, 0) is 0 Å². The average Bonchev–Trinajstić information content (AvgIpc) is 2.12. The molecule has 2 N–H and O–H groups in total. The zero-order chi connectivity index (χ0) is 9.61. The summed E-state index contributed by atoms with van der Waals surface area (Å²) in [5.74, 6) is 0. The maximum Gasteiger partial charge on any atom is 0.280 e. The van der Waals surface area contributed by atoms with Crippen molar-refractivity contribution in [2.75, 3.05) is 27.7 Å². The quantitative estimate of drug-likeness (QED) is 0.603. The van der Waals surface area contributed by atoms with E-state index in [1.165, 1.54) is 19.4 Å². The zero-order valence-corrected chi connectivity index (χ0v) is 10.1. The molecule has 74 valence electrons. The third-order valence-electron chi connectivity index (χ3n) is 2.58. The molecule has 0 unspecified atom stereocenters. The number of hydrogen-bond donors (Lipinski definition) is 2. The lowest BCUT2D eigenvalue weighted by atomic mass is 10.3. The van der Waals surface area contributed by atoms with Gasteiger partial charge in [-0.05, 0) is 40.7 Å². The molecule has 0 bridgehead atoms. The van der Waals surface area contributed by atoms with Crippen molar-refractivity contribution < 1.29 is 0 Å². The monoisotopic (exact) mass is 189 g/mol. The number of hydrogen-bond acceptors (Lipinski definition) is 3. The summed E-state index contributed by atoms with van der Waals surface area (Å²) in [5, 5.41) is 0. The molecule has 0 atom stereocenters. The Kier molecular flexibility index (Phi) is 5.74. The molecule has 3 nitrogen and oxygen atoms in total. The Morgan fingerprint density at radius 1 is 1.25 bits per heavy atom. The number of nitrogens with one attached hydrogen (secondary N) is 2. The standard InChI is InChI=1S/C8H23N3Si/c1-6-7-8-11(4)12(5,9-2)10-3/h9-10H,6-8H2,1-5H3. The van der Waals surface area contributed by atoms with Crippen LogP contribution in [-0.4, -0.2) is 40.8 Å². The van der Waals surface area contributed by atoms with E-state index in [1.807, 2.05) is 14.1 Å². The van der Waals surface area contributed by atoms with E-state index in [4.69, 9.17) is 0 Å². The highest BCUT2D eigenvalue weighted by Crippen LogP contribution is 2.00. The second kappa shape index (κ2) is 5.69. The van der Waals surface area contributed by atoms with Crippen molar-refractivity contribution in [1.29, 1.82) is 0 Å². The van der Waals surface area contributed by atoms with Gasteiger partial charge in [-0.25, -0.2) is 0 Å². The third-order valence-corrected chi connectivity index (χ3v) is 6.28.